The highest BCUT2D eigenvalue weighted by atomic mass is 16.5. The van der Waals surface area contributed by atoms with Crippen LogP contribution in [0.15, 0.2) is 36.5 Å². The summed E-state index contributed by atoms with van der Waals surface area (Å²) in [6.07, 6.45) is 77.6. The zero-order valence-electron chi connectivity index (χ0n) is 48.4. The van der Waals surface area contributed by atoms with Crippen LogP contribution < -0.4 is 5.32 Å². The van der Waals surface area contributed by atoms with Crippen molar-refractivity contribution < 1.29 is 24.5 Å². The van der Waals surface area contributed by atoms with E-state index in [2.05, 4.69) is 43.5 Å². The number of nitrogens with one attached hydrogen (secondary N) is 1. The first kappa shape index (κ1) is 70.1. The first-order chi connectivity index (χ1) is 35.5. The van der Waals surface area contributed by atoms with Crippen LogP contribution in [-0.2, 0) is 14.3 Å². The Kier molecular flexibility index (Phi) is 60.0. The smallest absolute Gasteiger partial charge is 0.305 e. The minimum atomic E-state index is -0.851. The van der Waals surface area contributed by atoms with Crippen molar-refractivity contribution in [1.29, 1.82) is 0 Å². The standard InChI is InChI=1S/C66H125NO5/c1-3-5-7-9-11-13-15-17-19-20-21-22-23-24-25-26-27-28-31-34-38-42-46-50-54-58-64(69)63(62-68)67-65(70)59-55-51-47-43-39-35-32-29-30-33-37-41-45-49-53-57-61-72-66(71)60-56-52-48-44-40-36-18-16-14-12-10-8-6-4-2/h10,12,16,18,54,58,63-64,68-69H,3-9,11,13-15,17,19-53,55-57,59-62H2,1-2H3,(H,67,70)/b12-10-,18-16-,58-54+. The first-order valence-electron chi connectivity index (χ1n) is 32.3. The molecule has 424 valence electrons. The Bertz CT molecular complexity index is 1170. The lowest BCUT2D eigenvalue weighted by molar-refractivity contribution is -0.143. The zero-order valence-corrected chi connectivity index (χ0v) is 48.4. The summed E-state index contributed by atoms with van der Waals surface area (Å²) in [5, 5.41) is 23.2. The van der Waals surface area contributed by atoms with Gasteiger partial charge in [-0.25, -0.2) is 0 Å². The number of hydrogen-bond donors (Lipinski definition) is 3. The number of hydrogen-bond acceptors (Lipinski definition) is 5. The molecule has 0 aromatic heterocycles. The maximum Gasteiger partial charge on any atom is 0.305 e. The number of esters is 1. The molecule has 0 aliphatic carbocycles. The van der Waals surface area contributed by atoms with Crippen LogP contribution in [0.1, 0.15) is 348 Å². The van der Waals surface area contributed by atoms with Gasteiger partial charge in [-0.2, -0.15) is 0 Å². The lowest BCUT2D eigenvalue weighted by Crippen LogP contribution is -2.45. The van der Waals surface area contributed by atoms with Crippen LogP contribution in [0, 0.1) is 0 Å². The normalized spacial score (nSPS) is 12.8. The Morgan fingerprint density at radius 2 is 0.708 bits per heavy atom. The van der Waals surface area contributed by atoms with Gasteiger partial charge in [-0.15, -0.1) is 0 Å². The Morgan fingerprint density at radius 3 is 1.10 bits per heavy atom. The third-order valence-corrected chi connectivity index (χ3v) is 14.9. The maximum atomic E-state index is 12.5. The summed E-state index contributed by atoms with van der Waals surface area (Å²) in [4.78, 5) is 24.6. The van der Waals surface area contributed by atoms with E-state index in [0.717, 1.165) is 57.8 Å². The minimum Gasteiger partial charge on any atom is -0.466 e. The van der Waals surface area contributed by atoms with E-state index in [0.29, 0.717) is 19.4 Å². The quantitative estimate of drug-likeness (QED) is 0.0320. The summed E-state index contributed by atoms with van der Waals surface area (Å²) in [5.41, 5.74) is 0. The van der Waals surface area contributed by atoms with Gasteiger partial charge >= 0.3 is 5.97 Å². The van der Waals surface area contributed by atoms with Crippen LogP contribution in [-0.4, -0.2) is 47.4 Å². The highest BCUT2D eigenvalue weighted by Gasteiger charge is 2.18. The van der Waals surface area contributed by atoms with Gasteiger partial charge in [-0.1, -0.05) is 314 Å². The van der Waals surface area contributed by atoms with E-state index >= 15 is 0 Å². The summed E-state index contributed by atoms with van der Waals surface area (Å²) in [7, 11) is 0. The summed E-state index contributed by atoms with van der Waals surface area (Å²) in [6.45, 7) is 4.87. The van der Waals surface area contributed by atoms with Crippen molar-refractivity contribution in [2.45, 2.75) is 360 Å². The molecule has 6 heteroatoms. The summed E-state index contributed by atoms with van der Waals surface area (Å²) < 4.78 is 5.47. The highest BCUT2D eigenvalue weighted by Crippen LogP contribution is 2.18. The predicted molar refractivity (Wildman–Crippen MR) is 315 cm³/mol. The molecule has 0 saturated carbocycles. The number of carbonyl (C=O) groups is 2. The average Bonchev–Trinajstić information content (AvgIpc) is 3.38. The maximum absolute atomic E-state index is 12.5. The SMILES string of the molecule is CCCC/C=C\C/C=C\CCCCCCCC(=O)OCCCCCCCCCCCCCCCCCCC(=O)NC(CO)C(O)/C=C/CCCCCCCCCCCCCCCCCCCCCCCCC. The second-order valence-electron chi connectivity index (χ2n) is 22.1. The van der Waals surface area contributed by atoms with Crippen LogP contribution in [0.4, 0.5) is 0 Å². The molecule has 2 atom stereocenters. The molecule has 0 heterocycles. The van der Waals surface area contributed by atoms with Crippen molar-refractivity contribution in [3.63, 3.8) is 0 Å². The van der Waals surface area contributed by atoms with Crippen LogP contribution >= 0.6 is 0 Å². The van der Waals surface area contributed by atoms with E-state index in [9.17, 15) is 19.8 Å². The van der Waals surface area contributed by atoms with Crippen LogP contribution in [0.25, 0.3) is 0 Å². The van der Waals surface area contributed by atoms with Gasteiger partial charge in [0.1, 0.15) is 0 Å². The Morgan fingerprint density at radius 1 is 0.389 bits per heavy atom. The van der Waals surface area contributed by atoms with Crippen molar-refractivity contribution in [3.8, 4) is 0 Å². The van der Waals surface area contributed by atoms with Crippen molar-refractivity contribution in [1.82, 2.24) is 5.32 Å². The number of carbonyl (C=O) groups excluding carboxylic acids is 2. The summed E-state index contributed by atoms with van der Waals surface area (Å²) >= 11 is 0. The van der Waals surface area contributed by atoms with Crippen LogP contribution in [0.5, 0.6) is 0 Å². The first-order valence-corrected chi connectivity index (χ1v) is 32.3. The molecule has 0 radical (unpaired) electrons. The predicted octanol–water partition coefficient (Wildman–Crippen LogP) is 20.4. The van der Waals surface area contributed by atoms with E-state index in [-0.39, 0.29) is 18.5 Å². The molecule has 3 N–H and O–H groups in total. The number of aliphatic hydroxyl groups is 2. The molecule has 0 fully saturated rings. The molecule has 0 rings (SSSR count). The van der Waals surface area contributed by atoms with Gasteiger partial charge in [0.15, 0.2) is 0 Å². The molecule has 0 aromatic carbocycles. The number of amides is 1. The topological polar surface area (TPSA) is 95.9 Å². The van der Waals surface area contributed by atoms with Gasteiger partial charge in [0, 0.05) is 12.8 Å². The molecule has 72 heavy (non-hydrogen) atoms. The molecular formula is C66H125NO5. The number of aliphatic hydroxyl groups excluding tert-OH is 2. The molecule has 0 spiro atoms. The molecule has 6 nitrogen and oxygen atoms in total. The van der Waals surface area contributed by atoms with E-state index in [1.807, 2.05) is 6.08 Å². The monoisotopic (exact) mass is 1010 g/mol. The fourth-order valence-electron chi connectivity index (χ4n) is 9.95. The minimum absolute atomic E-state index is 0.0119. The van der Waals surface area contributed by atoms with E-state index < -0.39 is 12.1 Å². The molecule has 1 amide bonds. The Hall–Kier alpha value is -1.92. The fourth-order valence-corrected chi connectivity index (χ4v) is 9.95. The van der Waals surface area contributed by atoms with Gasteiger partial charge in [-0.3, -0.25) is 9.59 Å². The molecule has 0 aliphatic rings. The van der Waals surface area contributed by atoms with Crippen molar-refractivity contribution in [2.75, 3.05) is 13.2 Å². The molecule has 0 aromatic rings. The second kappa shape index (κ2) is 61.6. The van der Waals surface area contributed by atoms with Crippen LogP contribution in [0.2, 0.25) is 0 Å². The third-order valence-electron chi connectivity index (χ3n) is 14.9. The zero-order chi connectivity index (χ0) is 52.2. The largest absolute Gasteiger partial charge is 0.466 e. The van der Waals surface area contributed by atoms with E-state index in [4.69, 9.17) is 4.74 Å². The molecule has 0 saturated heterocycles. The summed E-state index contributed by atoms with van der Waals surface area (Å²) in [6, 6.07) is -0.635. The van der Waals surface area contributed by atoms with Gasteiger partial charge in [0.25, 0.3) is 0 Å². The fraction of sp³-hybridized carbons (Fsp3) is 0.879. The van der Waals surface area contributed by atoms with Gasteiger partial charge < -0.3 is 20.3 Å². The molecule has 0 bridgehead atoms. The van der Waals surface area contributed by atoms with Crippen molar-refractivity contribution >= 4 is 11.9 Å². The number of rotatable bonds is 60. The lowest BCUT2D eigenvalue weighted by atomic mass is 10.0. The van der Waals surface area contributed by atoms with Gasteiger partial charge in [0.2, 0.25) is 5.91 Å². The van der Waals surface area contributed by atoms with E-state index in [1.165, 1.54) is 263 Å². The van der Waals surface area contributed by atoms with Crippen LogP contribution in [0.3, 0.4) is 0 Å². The number of allylic oxidation sites excluding steroid dienone is 5. The van der Waals surface area contributed by atoms with Crippen molar-refractivity contribution in [3.05, 3.63) is 36.5 Å². The van der Waals surface area contributed by atoms with Gasteiger partial charge in [0.05, 0.1) is 25.4 Å². The third kappa shape index (κ3) is 57.4. The second-order valence-corrected chi connectivity index (χ2v) is 22.1. The summed E-state index contributed by atoms with van der Waals surface area (Å²) in [5.74, 6) is -0.0840. The average molecular weight is 1010 g/mol. The van der Waals surface area contributed by atoms with Crippen molar-refractivity contribution in [2.24, 2.45) is 0 Å². The lowest BCUT2D eigenvalue weighted by Gasteiger charge is -2.20. The Labute approximate surface area is 449 Å². The Balaban J connectivity index is 3.46. The highest BCUT2D eigenvalue weighted by molar-refractivity contribution is 5.76. The number of ether oxygens (including phenoxy) is 1. The molecular weight excluding hydrogens is 887 g/mol. The molecule has 0 aliphatic heterocycles. The number of unbranched alkanes of at least 4 members (excludes halogenated alkanes) is 45. The molecule has 2 unspecified atom stereocenters. The van der Waals surface area contributed by atoms with E-state index in [1.54, 1.807) is 6.08 Å². The van der Waals surface area contributed by atoms with Gasteiger partial charge in [-0.05, 0) is 57.8 Å².